The zero-order valence-electron chi connectivity index (χ0n) is 17.2. The van der Waals surface area contributed by atoms with Gasteiger partial charge < -0.3 is 23.9 Å². The number of ether oxygens (including phenoxy) is 2. The molecule has 1 amide bonds. The summed E-state index contributed by atoms with van der Waals surface area (Å²) in [4.78, 5) is 24.8. The highest BCUT2D eigenvalue weighted by molar-refractivity contribution is 7.99. The molecule has 0 saturated heterocycles. The molecule has 0 spiro atoms. The molecule has 1 aromatic carbocycles. The van der Waals surface area contributed by atoms with Crippen molar-refractivity contribution in [1.82, 2.24) is 19.3 Å². The van der Waals surface area contributed by atoms with Crippen LogP contribution in [-0.2, 0) is 18.4 Å². The minimum absolute atomic E-state index is 0.138. The Morgan fingerprint density at radius 1 is 1.17 bits per heavy atom. The normalized spacial score (nSPS) is 10.7. The molecule has 9 nitrogen and oxygen atoms in total. The Balaban J connectivity index is 1.72. The van der Waals surface area contributed by atoms with Crippen LogP contribution in [0.3, 0.4) is 0 Å². The van der Waals surface area contributed by atoms with Crippen LogP contribution >= 0.6 is 11.8 Å². The Hall–Kier alpha value is -3.27. The molecule has 3 rings (SSSR count). The molecule has 0 aliphatic carbocycles. The van der Waals surface area contributed by atoms with Gasteiger partial charge in [-0.1, -0.05) is 11.8 Å². The number of nitrogens with zero attached hydrogens (tertiary/aromatic N) is 4. The molecule has 0 unspecified atom stereocenters. The predicted molar refractivity (Wildman–Crippen MR) is 115 cm³/mol. The van der Waals surface area contributed by atoms with Gasteiger partial charge in [-0.3, -0.25) is 9.59 Å². The number of nitrogens with one attached hydrogen (secondary N) is 1. The Labute approximate surface area is 178 Å². The second kappa shape index (κ2) is 9.49. The molecule has 0 aliphatic rings. The molecule has 0 atom stereocenters. The number of carbonyl (C=O) groups is 1. The van der Waals surface area contributed by atoms with Gasteiger partial charge in [0.2, 0.25) is 5.91 Å². The molecule has 10 heteroatoms. The fourth-order valence-corrected chi connectivity index (χ4v) is 3.69. The third-order valence-electron chi connectivity index (χ3n) is 4.40. The van der Waals surface area contributed by atoms with Gasteiger partial charge in [0.05, 0.1) is 25.5 Å². The largest absolute Gasteiger partial charge is 0.493 e. The van der Waals surface area contributed by atoms with Crippen LogP contribution in [0.4, 0.5) is 5.69 Å². The maximum absolute atomic E-state index is 12.4. The third kappa shape index (κ3) is 4.48. The number of hydrogen-bond donors (Lipinski definition) is 1. The van der Waals surface area contributed by atoms with E-state index in [1.807, 2.05) is 11.5 Å². The number of aromatic nitrogens is 4. The number of pyridine rings is 1. The van der Waals surface area contributed by atoms with E-state index in [1.165, 1.54) is 23.4 Å². The van der Waals surface area contributed by atoms with Crippen LogP contribution in [-0.4, -0.2) is 45.2 Å². The van der Waals surface area contributed by atoms with Gasteiger partial charge >= 0.3 is 0 Å². The van der Waals surface area contributed by atoms with Crippen molar-refractivity contribution < 1.29 is 14.3 Å². The minimum atomic E-state index is -0.199. The van der Waals surface area contributed by atoms with E-state index in [0.29, 0.717) is 40.3 Å². The number of aryl methyl sites for hydroxylation is 1. The lowest BCUT2D eigenvalue weighted by Gasteiger charge is -2.11. The van der Waals surface area contributed by atoms with E-state index in [4.69, 9.17) is 9.47 Å². The van der Waals surface area contributed by atoms with Gasteiger partial charge in [-0.25, -0.2) is 0 Å². The van der Waals surface area contributed by atoms with Crippen LogP contribution in [0.25, 0.3) is 11.4 Å². The second-order valence-corrected chi connectivity index (χ2v) is 7.24. The van der Waals surface area contributed by atoms with E-state index in [1.54, 1.807) is 50.7 Å². The van der Waals surface area contributed by atoms with Crippen molar-refractivity contribution in [2.45, 2.75) is 18.6 Å². The summed E-state index contributed by atoms with van der Waals surface area (Å²) in [6, 6.07) is 8.66. The molecule has 158 valence electrons. The molecule has 0 bridgehead atoms. The Kier molecular flexibility index (Phi) is 6.78. The molecular formula is C20H23N5O4S. The highest BCUT2D eigenvalue weighted by atomic mass is 32.2. The van der Waals surface area contributed by atoms with Crippen molar-refractivity contribution in [2.24, 2.45) is 7.05 Å². The fourth-order valence-electron chi connectivity index (χ4n) is 2.89. The van der Waals surface area contributed by atoms with Gasteiger partial charge in [0, 0.05) is 31.5 Å². The first kappa shape index (κ1) is 21.4. The predicted octanol–water partition coefficient (Wildman–Crippen LogP) is 2.41. The highest BCUT2D eigenvalue weighted by Crippen LogP contribution is 2.30. The van der Waals surface area contributed by atoms with E-state index in [-0.39, 0.29) is 17.2 Å². The average molecular weight is 430 g/mol. The number of carbonyl (C=O) groups excluding carboxylic acids is 1. The van der Waals surface area contributed by atoms with Crippen LogP contribution in [0.5, 0.6) is 11.5 Å². The van der Waals surface area contributed by atoms with Crippen LogP contribution in [0, 0.1) is 0 Å². The number of hydrogen-bond acceptors (Lipinski definition) is 7. The quantitative estimate of drug-likeness (QED) is 0.549. The SMILES string of the molecule is CCn1c(SCC(=O)Nc2ccc(OC)c(OC)c2)nnc1-c1cccn(C)c1=O. The van der Waals surface area contributed by atoms with Crippen molar-refractivity contribution in [1.29, 1.82) is 0 Å². The molecule has 2 aromatic heterocycles. The summed E-state index contributed by atoms with van der Waals surface area (Å²) in [5.41, 5.74) is 0.919. The zero-order valence-corrected chi connectivity index (χ0v) is 18.0. The summed E-state index contributed by atoms with van der Waals surface area (Å²) in [7, 11) is 4.78. The molecule has 1 N–H and O–H groups in total. The molecule has 0 saturated carbocycles. The number of benzene rings is 1. The lowest BCUT2D eigenvalue weighted by Crippen LogP contribution is -2.19. The van der Waals surface area contributed by atoms with Crippen molar-refractivity contribution in [3.8, 4) is 22.9 Å². The Morgan fingerprint density at radius 2 is 1.93 bits per heavy atom. The maximum atomic E-state index is 12.4. The Bertz CT molecular complexity index is 1110. The number of amides is 1. The highest BCUT2D eigenvalue weighted by Gasteiger charge is 2.17. The lowest BCUT2D eigenvalue weighted by atomic mass is 10.2. The van der Waals surface area contributed by atoms with Gasteiger partial charge in [-0.15, -0.1) is 10.2 Å². The van der Waals surface area contributed by atoms with E-state index in [9.17, 15) is 9.59 Å². The zero-order chi connectivity index (χ0) is 21.7. The van der Waals surface area contributed by atoms with Gasteiger partial charge in [-0.2, -0.15) is 0 Å². The van der Waals surface area contributed by atoms with E-state index >= 15 is 0 Å². The van der Waals surface area contributed by atoms with Crippen molar-refractivity contribution in [3.63, 3.8) is 0 Å². The first-order chi connectivity index (χ1) is 14.5. The molecule has 2 heterocycles. The summed E-state index contributed by atoms with van der Waals surface area (Å²) >= 11 is 1.25. The molecular weight excluding hydrogens is 406 g/mol. The average Bonchev–Trinajstić information content (AvgIpc) is 3.16. The van der Waals surface area contributed by atoms with Crippen LogP contribution in [0.2, 0.25) is 0 Å². The van der Waals surface area contributed by atoms with Crippen LogP contribution < -0.4 is 20.3 Å². The number of thioether (sulfide) groups is 1. The number of methoxy groups -OCH3 is 2. The van der Waals surface area contributed by atoms with E-state index in [2.05, 4.69) is 15.5 Å². The van der Waals surface area contributed by atoms with Crippen LogP contribution in [0.15, 0.2) is 46.5 Å². The summed E-state index contributed by atoms with van der Waals surface area (Å²) in [6.07, 6.45) is 1.69. The number of rotatable bonds is 8. The molecule has 30 heavy (non-hydrogen) atoms. The fraction of sp³-hybridized carbons (Fsp3) is 0.300. The molecule has 0 radical (unpaired) electrons. The molecule has 3 aromatic rings. The van der Waals surface area contributed by atoms with Gasteiger partial charge in [0.15, 0.2) is 22.5 Å². The van der Waals surface area contributed by atoms with Crippen LogP contribution in [0.1, 0.15) is 6.92 Å². The third-order valence-corrected chi connectivity index (χ3v) is 5.36. The van der Waals surface area contributed by atoms with Gasteiger partial charge in [0.25, 0.3) is 5.56 Å². The monoisotopic (exact) mass is 429 g/mol. The minimum Gasteiger partial charge on any atom is -0.493 e. The topological polar surface area (TPSA) is 100 Å². The molecule has 0 fully saturated rings. The van der Waals surface area contributed by atoms with E-state index < -0.39 is 0 Å². The first-order valence-electron chi connectivity index (χ1n) is 9.22. The van der Waals surface area contributed by atoms with Gasteiger partial charge in [-0.05, 0) is 31.2 Å². The summed E-state index contributed by atoms with van der Waals surface area (Å²) in [5.74, 6) is 1.54. The van der Waals surface area contributed by atoms with Crippen molar-refractivity contribution in [2.75, 3.05) is 25.3 Å². The molecule has 0 aliphatic heterocycles. The van der Waals surface area contributed by atoms with Gasteiger partial charge in [0.1, 0.15) is 0 Å². The van der Waals surface area contributed by atoms with Crippen molar-refractivity contribution >= 4 is 23.4 Å². The van der Waals surface area contributed by atoms with E-state index in [0.717, 1.165) is 0 Å². The summed E-state index contributed by atoms with van der Waals surface area (Å²) < 4.78 is 13.8. The second-order valence-electron chi connectivity index (χ2n) is 6.29. The maximum Gasteiger partial charge on any atom is 0.261 e. The number of anilines is 1. The smallest absolute Gasteiger partial charge is 0.261 e. The standard InChI is InChI=1S/C20H23N5O4S/c1-5-25-18(14-7-6-10-24(2)19(14)27)22-23-20(25)30-12-17(26)21-13-8-9-15(28-3)16(11-13)29-4/h6-11H,5,12H2,1-4H3,(H,21,26). The Morgan fingerprint density at radius 3 is 2.63 bits per heavy atom. The van der Waals surface area contributed by atoms with Crippen molar-refractivity contribution in [3.05, 3.63) is 46.9 Å². The summed E-state index contributed by atoms with van der Waals surface area (Å²) in [6.45, 7) is 2.51. The lowest BCUT2D eigenvalue weighted by molar-refractivity contribution is -0.113. The summed E-state index contributed by atoms with van der Waals surface area (Å²) in [5, 5.41) is 11.7. The first-order valence-corrected chi connectivity index (χ1v) is 10.2.